The van der Waals surface area contributed by atoms with Crippen LogP contribution in [0.5, 0.6) is 0 Å². The first-order valence-corrected chi connectivity index (χ1v) is 12.9. The van der Waals surface area contributed by atoms with Crippen LogP contribution < -0.4 is 5.32 Å². The summed E-state index contributed by atoms with van der Waals surface area (Å²) in [6.45, 7) is 5.04. The van der Waals surface area contributed by atoms with Gasteiger partial charge in [0.05, 0.1) is 5.56 Å². The number of carbonyl (C=O) groups is 1. The fourth-order valence-corrected chi connectivity index (χ4v) is 4.63. The van der Waals surface area contributed by atoms with E-state index in [2.05, 4.69) is 32.0 Å². The Kier molecular flexibility index (Phi) is 9.06. The summed E-state index contributed by atoms with van der Waals surface area (Å²) in [6, 6.07) is 8.85. The van der Waals surface area contributed by atoms with Gasteiger partial charge < -0.3 is 4.90 Å². The van der Waals surface area contributed by atoms with Crippen LogP contribution in [0.2, 0.25) is 0 Å². The Morgan fingerprint density at radius 2 is 1.95 bits per heavy atom. The second-order valence-electron chi connectivity index (χ2n) is 9.10. The Hall–Kier alpha value is -3.66. The number of thiazole rings is 1. The summed E-state index contributed by atoms with van der Waals surface area (Å²) in [6.07, 6.45) is -1.92. The molecule has 1 aliphatic heterocycles. The van der Waals surface area contributed by atoms with Crippen molar-refractivity contribution in [2.75, 3.05) is 38.5 Å². The van der Waals surface area contributed by atoms with E-state index in [1.165, 1.54) is 29.7 Å². The molecule has 1 fully saturated rings. The molecule has 3 aromatic rings. The van der Waals surface area contributed by atoms with Crippen LogP contribution in [-0.2, 0) is 17.4 Å². The molecule has 12 heteroatoms. The molecule has 0 spiro atoms. The van der Waals surface area contributed by atoms with E-state index in [1.54, 1.807) is 18.2 Å². The van der Waals surface area contributed by atoms with E-state index in [1.807, 2.05) is 18.9 Å². The van der Waals surface area contributed by atoms with Crippen molar-refractivity contribution in [3.8, 4) is 11.8 Å². The number of rotatable bonds is 6. The van der Waals surface area contributed by atoms with Crippen molar-refractivity contribution >= 4 is 41.3 Å². The number of aliphatic imine (C=N–C) groups is 1. The third-order valence-electron chi connectivity index (χ3n) is 6.22. The van der Waals surface area contributed by atoms with Crippen LogP contribution in [0, 0.1) is 18.8 Å². The van der Waals surface area contributed by atoms with Gasteiger partial charge in [-0.3, -0.25) is 4.90 Å². The summed E-state index contributed by atoms with van der Waals surface area (Å²) in [5, 5.41) is 2.98. The zero-order chi connectivity index (χ0) is 28.0. The van der Waals surface area contributed by atoms with E-state index in [9.17, 15) is 22.7 Å². The van der Waals surface area contributed by atoms with Crippen LogP contribution in [0.15, 0.2) is 47.6 Å². The van der Waals surface area contributed by atoms with E-state index >= 15 is 0 Å². The van der Waals surface area contributed by atoms with Gasteiger partial charge in [-0.1, -0.05) is 6.07 Å². The van der Waals surface area contributed by atoms with Gasteiger partial charge >= 0.3 is 131 Å². The van der Waals surface area contributed by atoms with E-state index in [0.29, 0.717) is 35.8 Å². The summed E-state index contributed by atoms with van der Waals surface area (Å²) in [7, 11) is 2.55. The number of hydrogen-bond donors (Lipinski definition) is 1. The first-order valence-electron chi connectivity index (χ1n) is 12.1. The molecule has 1 aromatic heterocycles. The van der Waals surface area contributed by atoms with Crippen molar-refractivity contribution in [2.24, 2.45) is 4.99 Å². The average Bonchev–Trinajstić information content (AvgIpc) is 3.36. The van der Waals surface area contributed by atoms with Crippen LogP contribution in [0.25, 0.3) is 0 Å². The second-order valence-corrected chi connectivity index (χ2v) is 10.1. The molecule has 1 amide bonds. The quantitative estimate of drug-likeness (QED) is 0.276. The monoisotopic (exact) mass is 551 g/mol. The number of alkyl halides is 3. The predicted octanol–water partition coefficient (Wildman–Crippen LogP) is 4.58. The fourth-order valence-electron chi connectivity index (χ4n) is 4.01. The molecule has 2 aromatic carbocycles. The number of likely N-dealkylation sites (N-methyl/N-ethyl adjacent to an activating group) is 1. The van der Waals surface area contributed by atoms with Gasteiger partial charge in [0.25, 0.3) is 0 Å². The molecule has 4 rings (SSSR count). The maximum absolute atomic E-state index is 13.9. The van der Waals surface area contributed by atoms with Gasteiger partial charge in [0.2, 0.25) is 0 Å². The Morgan fingerprint density at radius 1 is 1.18 bits per heavy atom. The fraction of sp³-hybridized carbons (Fsp3) is 0.296. The number of nitrogens with one attached hydrogen (secondary N) is 1. The summed E-state index contributed by atoms with van der Waals surface area (Å²) >= 11 is 1.21. The van der Waals surface area contributed by atoms with Crippen molar-refractivity contribution < 1.29 is 22.7 Å². The molecule has 200 valence electrons. The third kappa shape index (κ3) is 7.69. The molecular weight excluding hydrogens is 526 g/mol. The van der Waals surface area contributed by atoms with Gasteiger partial charge in [0.15, 0.2) is 0 Å². The van der Waals surface area contributed by atoms with Gasteiger partial charge in [0, 0.05) is 38.4 Å². The number of anilines is 1. The number of carbonyl (C=O) groups excluding carboxylic acids is 1. The van der Waals surface area contributed by atoms with Crippen LogP contribution >= 0.6 is 11.3 Å². The van der Waals surface area contributed by atoms with Gasteiger partial charge in [-0.25, -0.2) is 0 Å². The first kappa shape index (κ1) is 28.4. The Labute approximate surface area is 229 Å². The summed E-state index contributed by atoms with van der Waals surface area (Å²) in [4.78, 5) is 25.6. The van der Waals surface area contributed by atoms with Crippen molar-refractivity contribution in [2.45, 2.75) is 19.6 Å². The minimum atomic E-state index is -4.55. The average molecular weight is 551 g/mol. The van der Waals surface area contributed by atoms with Crippen LogP contribution in [-0.4, -0.2) is 67.2 Å². The molecule has 0 radical (unpaired) electrons. The van der Waals surface area contributed by atoms with Crippen LogP contribution in [0.1, 0.15) is 37.5 Å². The summed E-state index contributed by atoms with van der Waals surface area (Å²) in [5.41, 5.74) is 1.18. The van der Waals surface area contributed by atoms with E-state index in [4.69, 9.17) is 0 Å². The Balaban J connectivity index is 1.51. The SMILES string of the molecule is Cc1ccc(C(=O)Nc2ccc(CN3CCN(C)CC3)c(C(F)(F)F)c2)cc1C#Cc1cnc(N=CB=O)s1. The van der Waals surface area contributed by atoms with Crippen LogP contribution in [0.3, 0.4) is 0 Å². The molecule has 1 aliphatic rings. The first-order chi connectivity index (χ1) is 18.6. The number of piperazine rings is 1. The van der Waals surface area contributed by atoms with Crippen molar-refractivity contribution in [1.82, 2.24) is 14.8 Å². The normalized spacial score (nSPS) is 14.6. The van der Waals surface area contributed by atoms with E-state index in [-0.39, 0.29) is 23.4 Å². The molecule has 0 bridgehead atoms. The van der Waals surface area contributed by atoms with Gasteiger partial charge in [-0.05, 0) is 24.7 Å². The summed E-state index contributed by atoms with van der Waals surface area (Å²) in [5.74, 6) is 5.42. The number of nitrogens with zero attached hydrogens (tertiary/aromatic N) is 4. The summed E-state index contributed by atoms with van der Waals surface area (Å²) < 4.78 is 52.1. The number of benzene rings is 2. The molecule has 1 saturated heterocycles. The topological polar surface area (TPSA) is 77.9 Å². The van der Waals surface area contributed by atoms with Crippen molar-refractivity contribution in [3.05, 3.63) is 75.3 Å². The van der Waals surface area contributed by atoms with Gasteiger partial charge in [-0.15, -0.1) is 0 Å². The molecule has 0 atom stereocenters. The number of hydrogen-bond acceptors (Lipinski definition) is 7. The number of amides is 1. The predicted molar refractivity (Wildman–Crippen MR) is 146 cm³/mol. The molecular formula is C27H25BF3N5O2S. The zero-order valence-corrected chi connectivity index (χ0v) is 22.2. The molecule has 7 nitrogen and oxygen atoms in total. The zero-order valence-electron chi connectivity index (χ0n) is 21.4. The molecule has 0 aliphatic carbocycles. The molecule has 1 N–H and O–H groups in total. The maximum atomic E-state index is 13.9. The van der Waals surface area contributed by atoms with Gasteiger partial charge in [0.1, 0.15) is 0 Å². The van der Waals surface area contributed by atoms with E-state index < -0.39 is 17.6 Å². The molecule has 0 saturated carbocycles. The molecule has 0 unspecified atom stereocenters. The minimum absolute atomic E-state index is 0.0655. The number of halogens is 3. The Bertz CT molecular complexity index is 1450. The van der Waals surface area contributed by atoms with Gasteiger partial charge in [-0.2, -0.15) is 13.2 Å². The standard InChI is InChI=1S/C27H25BF3N5O2S/c1-18-3-4-20(13-19(18)6-8-23-15-32-26(39-23)33-17-28-38)25(37)34-22-7-5-21(24(14-22)27(29,30)31)16-36-11-9-35(2)10-12-36/h3-5,7,13-15,17H,9-12,16H2,1-2H3,(H,34,37). The molecule has 2 heterocycles. The van der Waals surface area contributed by atoms with Crippen LogP contribution in [0.4, 0.5) is 24.0 Å². The number of aromatic nitrogens is 1. The third-order valence-corrected chi connectivity index (χ3v) is 7.04. The van der Waals surface area contributed by atoms with Crippen molar-refractivity contribution in [3.63, 3.8) is 0 Å². The Morgan fingerprint density at radius 3 is 2.67 bits per heavy atom. The van der Waals surface area contributed by atoms with E-state index in [0.717, 1.165) is 30.8 Å². The molecule has 39 heavy (non-hydrogen) atoms. The van der Waals surface area contributed by atoms with Crippen molar-refractivity contribution in [1.29, 1.82) is 0 Å². The number of aryl methyl sites for hydroxylation is 1. The second kappa shape index (κ2) is 12.5.